The zero-order valence-corrected chi connectivity index (χ0v) is 21.7. The number of aliphatic hydroxyl groups is 2. The SMILES string of the molecule is CCOC(=O)C1C2Cc3cc(OCc4cc(-c5c(C)cc(OCC(O)CO)cc5C)ccc4F)ncc3C21. The lowest BCUT2D eigenvalue weighted by Crippen LogP contribution is -2.21. The third kappa shape index (κ3) is 5.11. The van der Waals surface area contributed by atoms with Crippen LogP contribution in [0.2, 0.25) is 0 Å². The van der Waals surface area contributed by atoms with Gasteiger partial charge in [0, 0.05) is 23.7 Å². The van der Waals surface area contributed by atoms with Gasteiger partial charge in [0.15, 0.2) is 0 Å². The number of carbonyl (C=O) groups is 1. The first-order valence-electron chi connectivity index (χ1n) is 12.9. The largest absolute Gasteiger partial charge is 0.491 e. The minimum Gasteiger partial charge on any atom is -0.491 e. The summed E-state index contributed by atoms with van der Waals surface area (Å²) in [6, 6.07) is 10.6. The number of carbonyl (C=O) groups excluding carboxylic acids is 1. The maximum absolute atomic E-state index is 14.7. The Morgan fingerprint density at radius 1 is 1.16 bits per heavy atom. The van der Waals surface area contributed by atoms with E-state index in [-0.39, 0.29) is 49.4 Å². The third-order valence-electron chi connectivity index (χ3n) is 7.41. The first-order chi connectivity index (χ1) is 18.3. The maximum Gasteiger partial charge on any atom is 0.309 e. The van der Waals surface area contributed by atoms with Crippen LogP contribution < -0.4 is 9.47 Å². The number of aromatic nitrogens is 1. The quantitative estimate of drug-likeness (QED) is 0.385. The van der Waals surface area contributed by atoms with Gasteiger partial charge in [0.25, 0.3) is 0 Å². The number of benzene rings is 2. The number of fused-ring (bicyclic) bond motifs is 3. The smallest absolute Gasteiger partial charge is 0.309 e. The molecule has 1 fully saturated rings. The number of rotatable bonds is 10. The molecule has 4 atom stereocenters. The van der Waals surface area contributed by atoms with Crippen LogP contribution in [-0.2, 0) is 22.6 Å². The van der Waals surface area contributed by atoms with Crippen molar-refractivity contribution in [3.8, 4) is 22.8 Å². The molecule has 5 rings (SSSR count). The Morgan fingerprint density at radius 3 is 2.63 bits per heavy atom. The zero-order valence-electron chi connectivity index (χ0n) is 21.7. The maximum atomic E-state index is 14.7. The average molecular weight is 522 g/mol. The van der Waals surface area contributed by atoms with E-state index in [1.807, 2.05) is 39.0 Å². The first kappa shape index (κ1) is 26.1. The Morgan fingerprint density at radius 2 is 1.92 bits per heavy atom. The predicted octanol–water partition coefficient (Wildman–Crippen LogP) is 4.26. The van der Waals surface area contributed by atoms with Crippen molar-refractivity contribution in [1.29, 1.82) is 0 Å². The van der Waals surface area contributed by atoms with Crippen LogP contribution in [0, 0.1) is 31.5 Å². The highest BCUT2D eigenvalue weighted by Gasteiger charge is 2.60. The van der Waals surface area contributed by atoms with Crippen LogP contribution in [0.5, 0.6) is 11.6 Å². The summed E-state index contributed by atoms with van der Waals surface area (Å²) in [5, 5.41) is 18.5. The fraction of sp³-hybridized carbons (Fsp3) is 0.400. The lowest BCUT2D eigenvalue weighted by Gasteiger charge is -2.16. The van der Waals surface area contributed by atoms with E-state index in [1.165, 1.54) is 6.07 Å². The summed E-state index contributed by atoms with van der Waals surface area (Å²) < 4.78 is 31.4. The summed E-state index contributed by atoms with van der Waals surface area (Å²) >= 11 is 0. The van der Waals surface area contributed by atoms with Gasteiger partial charge in [-0.15, -0.1) is 0 Å². The highest BCUT2D eigenvalue weighted by Crippen LogP contribution is 2.61. The second-order valence-corrected chi connectivity index (χ2v) is 10.1. The molecule has 7 nitrogen and oxygen atoms in total. The first-order valence-corrected chi connectivity index (χ1v) is 12.9. The van der Waals surface area contributed by atoms with E-state index < -0.39 is 6.10 Å². The van der Waals surface area contributed by atoms with Crippen LogP contribution in [0.3, 0.4) is 0 Å². The van der Waals surface area contributed by atoms with Crippen LogP contribution in [0.25, 0.3) is 11.1 Å². The van der Waals surface area contributed by atoms with Gasteiger partial charge in [-0.05, 0) is 90.8 Å². The van der Waals surface area contributed by atoms with Gasteiger partial charge < -0.3 is 24.4 Å². The van der Waals surface area contributed by atoms with Gasteiger partial charge in [-0.25, -0.2) is 9.37 Å². The minimum atomic E-state index is -0.942. The molecule has 0 aliphatic heterocycles. The topological polar surface area (TPSA) is 98.1 Å². The highest BCUT2D eigenvalue weighted by atomic mass is 19.1. The van der Waals surface area contributed by atoms with Gasteiger partial charge >= 0.3 is 5.97 Å². The van der Waals surface area contributed by atoms with Gasteiger partial charge in [0.05, 0.1) is 19.1 Å². The van der Waals surface area contributed by atoms with E-state index in [1.54, 1.807) is 18.3 Å². The van der Waals surface area contributed by atoms with Crippen LogP contribution in [-0.4, -0.2) is 47.1 Å². The molecule has 0 spiro atoms. The summed E-state index contributed by atoms with van der Waals surface area (Å²) in [7, 11) is 0. The lowest BCUT2D eigenvalue weighted by atomic mass is 9.94. The lowest BCUT2D eigenvalue weighted by molar-refractivity contribution is -0.145. The number of ether oxygens (including phenoxy) is 3. The van der Waals surface area contributed by atoms with Crippen molar-refractivity contribution in [2.24, 2.45) is 11.8 Å². The minimum absolute atomic E-state index is 0.00319. The van der Waals surface area contributed by atoms with Crippen molar-refractivity contribution in [2.45, 2.75) is 45.8 Å². The van der Waals surface area contributed by atoms with E-state index in [0.717, 1.165) is 39.8 Å². The van der Waals surface area contributed by atoms with Gasteiger partial charge in [-0.1, -0.05) is 6.07 Å². The number of halogens is 1. The molecule has 38 heavy (non-hydrogen) atoms. The van der Waals surface area contributed by atoms with E-state index in [9.17, 15) is 14.3 Å². The molecule has 0 amide bonds. The standard InChI is InChI=1S/C30H32FNO6/c1-4-36-30(35)29-23-10-19-11-26(32-12-24(19)28(23)29)38-14-20-9-18(5-6-25(20)31)27-16(2)7-22(8-17(27)3)37-15-21(34)13-33/h5-9,11-12,21,23,28-29,33-34H,4,10,13-15H2,1-3H3. The number of esters is 1. The van der Waals surface area contributed by atoms with Crippen molar-refractivity contribution in [2.75, 3.05) is 19.8 Å². The van der Waals surface area contributed by atoms with Crippen LogP contribution in [0.4, 0.5) is 4.39 Å². The molecule has 1 aromatic heterocycles. The van der Waals surface area contributed by atoms with Gasteiger partial charge in [0.2, 0.25) is 5.88 Å². The molecule has 0 bridgehead atoms. The summed E-state index contributed by atoms with van der Waals surface area (Å²) in [5.41, 5.74) is 6.33. The number of hydrogen-bond donors (Lipinski definition) is 2. The second kappa shape index (κ2) is 10.7. The molecule has 2 aliphatic rings. The molecule has 0 saturated heterocycles. The van der Waals surface area contributed by atoms with Gasteiger partial charge in [-0.3, -0.25) is 4.79 Å². The molecule has 200 valence electrons. The zero-order chi connectivity index (χ0) is 27.0. The fourth-order valence-corrected chi connectivity index (χ4v) is 5.61. The average Bonchev–Trinajstić information content (AvgIpc) is 3.48. The number of pyridine rings is 1. The Bertz CT molecular complexity index is 1340. The third-order valence-corrected chi connectivity index (χ3v) is 7.41. The molecule has 2 aliphatic carbocycles. The van der Waals surface area contributed by atoms with Crippen molar-refractivity contribution < 1.29 is 33.6 Å². The van der Waals surface area contributed by atoms with E-state index in [0.29, 0.717) is 23.8 Å². The molecule has 0 radical (unpaired) electrons. The van der Waals surface area contributed by atoms with Crippen LogP contribution in [0.15, 0.2) is 42.6 Å². The monoisotopic (exact) mass is 521 g/mol. The van der Waals surface area contributed by atoms with Crippen LogP contribution >= 0.6 is 0 Å². The molecule has 4 unspecified atom stereocenters. The van der Waals surface area contributed by atoms with Crippen molar-refractivity contribution in [1.82, 2.24) is 4.98 Å². The Labute approximate surface area is 221 Å². The van der Waals surface area contributed by atoms with E-state index >= 15 is 0 Å². The van der Waals surface area contributed by atoms with Crippen molar-refractivity contribution >= 4 is 5.97 Å². The van der Waals surface area contributed by atoms with Gasteiger partial charge in [0.1, 0.15) is 30.9 Å². The summed E-state index contributed by atoms with van der Waals surface area (Å²) in [6.07, 6.45) is 1.63. The number of aryl methyl sites for hydroxylation is 2. The Hall–Kier alpha value is -3.49. The molecule has 1 saturated carbocycles. The molecule has 2 N–H and O–H groups in total. The Balaban J connectivity index is 1.28. The van der Waals surface area contributed by atoms with E-state index in [2.05, 4.69) is 4.98 Å². The summed E-state index contributed by atoms with van der Waals surface area (Å²) in [5.74, 6) is 0.935. The molecule has 8 heteroatoms. The predicted molar refractivity (Wildman–Crippen MR) is 139 cm³/mol. The van der Waals surface area contributed by atoms with Crippen molar-refractivity contribution in [3.05, 3.63) is 76.2 Å². The van der Waals surface area contributed by atoms with Gasteiger partial charge in [-0.2, -0.15) is 0 Å². The molecular formula is C30H32FNO6. The Kier molecular flexibility index (Phi) is 7.36. The van der Waals surface area contributed by atoms with Crippen molar-refractivity contribution in [3.63, 3.8) is 0 Å². The number of nitrogens with zero attached hydrogens (tertiary/aromatic N) is 1. The number of hydrogen-bond acceptors (Lipinski definition) is 7. The molecular weight excluding hydrogens is 489 g/mol. The summed E-state index contributed by atoms with van der Waals surface area (Å²) in [6.45, 7) is 5.76. The normalized spacial score (nSPS) is 19.9. The molecule has 3 aromatic rings. The van der Waals surface area contributed by atoms with E-state index in [4.69, 9.17) is 19.3 Å². The fourth-order valence-electron chi connectivity index (χ4n) is 5.61. The summed E-state index contributed by atoms with van der Waals surface area (Å²) in [4.78, 5) is 16.5. The highest BCUT2D eigenvalue weighted by molar-refractivity contribution is 5.79. The molecule has 1 heterocycles. The second-order valence-electron chi connectivity index (χ2n) is 10.1. The van der Waals surface area contributed by atoms with Crippen LogP contribution in [0.1, 0.15) is 40.7 Å². The molecule has 2 aromatic carbocycles. The number of aliphatic hydroxyl groups excluding tert-OH is 2.